The van der Waals surface area contributed by atoms with Crippen molar-refractivity contribution in [1.82, 2.24) is 9.88 Å². The van der Waals surface area contributed by atoms with Gasteiger partial charge in [-0.25, -0.2) is 0 Å². The molecule has 4 heteroatoms. The van der Waals surface area contributed by atoms with Crippen LogP contribution in [0.4, 0.5) is 5.69 Å². The Kier molecular flexibility index (Phi) is 5.18. The summed E-state index contributed by atoms with van der Waals surface area (Å²) in [5.74, 6) is 0. The van der Waals surface area contributed by atoms with Crippen LogP contribution >= 0.6 is 22.6 Å². The number of hydrogen-bond acceptors (Lipinski definition) is 3. The molecule has 0 radical (unpaired) electrons. The number of anilines is 1. The fourth-order valence-corrected chi connectivity index (χ4v) is 4.72. The van der Waals surface area contributed by atoms with Crippen molar-refractivity contribution in [1.29, 1.82) is 0 Å². The fourth-order valence-electron chi connectivity index (χ4n) is 3.45. The van der Waals surface area contributed by atoms with Gasteiger partial charge < -0.3 is 5.32 Å². The van der Waals surface area contributed by atoms with E-state index in [9.17, 15) is 0 Å². The summed E-state index contributed by atoms with van der Waals surface area (Å²) < 4.78 is 0.565. The maximum Gasteiger partial charge on any atom is 0.0825 e. The van der Waals surface area contributed by atoms with Gasteiger partial charge in [0.05, 0.1) is 10.1 Å². The standard InChI is InChI=1S/C18H24IN3/c1-3-16(4-2)22-10-8-17(18(22)19)21-15-6-5-14-12-20-9-7-13(14)11-15/h5-7,9,11-12,16-18,21H,3-4,8,10H2,1-2H3. The van der Waals surface area contributed by atoms with Crippen LogP contribution in [-0.2, 0) is 0 Å². The van der Waals surface area contributed by atoms with Crippen LogP contribution in [0.25, 0.3) is 10.8 Å². The second-order valence-electron chi connectivity index (χ2n) is 6.06. The van der Waals surface area contributed by atoms with Crippen molar-refractivity contribution in [3.05, 3.63) is 36.7 Å². The number of aromatic nitrogens is 1. The normalized spacial score (nSPS) is 22.5. The first-order valence-electron chi connectivity index (χ1n) is 8.23. The molecule has 2 aromatic rings. The van der Waals surface area contributed by atoms with Crippen molar-refractivity contribution >= 4 is 39.1 Å². The number of nitrogens with one attached hydrogen (secondary N) is 1. The average Bonchev–Trinajstić information content (AvgIpc) is 2.90. The zero-order valence-corrected chi connectivity index (χ0v) is 15.5. The van der Waals surface area contributed by atoms with E-state index in [4.69, 9.17) is 0 Å². The molecule has 0 saturated carbocycles. The number of benzene rings is 1. The lowest BCUT2D eigenvalue weighted by atomic mass is 10.1. The highest BCUT2D eigenvalue weighted by atomic mass is 127. The Morgan fingerprint density at radius 2 is 2.09 bits per heavy atom. The minimum atomic E-state index is 0.528. The van der Waals surface area contributed by atoms with Crippen LogP contribution < -0.4 is 5.32 Å². The lowest BCUT2D eigenvalue weighted by Crippen LogP contribution is -2.40. The molecule has 0 aliphatic carbocycles. The van der Waals surface area contributed by atoms with Gasteiger partial charge in [-0.2, -0.15) is 0 Å². The Morgan fingerprint density at radius 3 is 2.86 bits per heavy atom. The summed E-state index contributed by atoms with van der Waals surface area (Å²) in [7, 11) is 0. The van der Waals surface area contributed by atoms with Gasteiger partial charge >= 0.3 is 0 Å². The van der Waals surface area contributed by atoms with E-state index in [1.54, 1.807) is 0 Å². The van der Waals surface area contributed by atoms with Crippen molar-refractivity contribution in [2.75, 3.05) is 11.9 Å². The third-order valence-electron chi connectivity index (χ3n) is 4.75. The lowest BCUT2D eigenvalue weighted by Gasteiger charge is -2.30. The summed E-state index contributed by atoms with van der Waals surface area (Å²) in [5, 5.41) is 6.19. The third kappa shape index (κ3) is 3.23. The number of hydrogen-bond donors (Lipinski definition) is 1. The van der Waals surface area contributed by atoms with E-state index in [0.29, 0.717) is 10.1 Å². The van der Waals surface area contributed by atoms with Gasteiger partial charge in [0, 0.05) is 36.1 Å². The first-order chi connectivity index (χ1) is 10.7. The molecular weight excluding hydrogens is 385 g/mol. The summed E-state index contributed by atoms with van der Waals surface area (Å²) in [6, 6.07) is 9.89. The van der Waals surface area contributed by atoms with E-state index in [0.717, 1.165) is 6.04 Å². The first-order valence-corrected chi connectivity index (χ1v) is 9.47. The van der Waals surface area contributed by atoms with Crippen LogP contribution in [0.3, 0.4) is 0 Å². The number of pyridine rings is 1. The van der Waals surface area contributed by atoms with E-state index in [2.05, 4.69) is 75.9 Å². The van der Waals surface area contributed by atoms with Crippen molar-refractivity contribution in [3.63, 3.8) is 0 Å². The molecule has 118 valence electrons. The highest BCUT2D eigenvalue weighted by Gasteiger charge is 2.35. The van der Waals surface area contributed by atoms with Gasteiger partial charge in [0.15, 0.2) is 0 Å². The Bertz CT molecular complexity index is 627. The van der Waals surface area contributed by atoms with Gasteiger partial charge in [0.25, 0.3) is 0 Å². The quantitative estimate of drug-likeness (QED) is 0.442. The maximum atomic E-state index is 4.18. The third-order valence-corrected chi connectivity index (χ3v) is 6.33. The average molecular weight is 409 g/mol. The second kappa shape index (κ2) is 7.13. The predicted octanol–water partition coefficient (Wildman–Crippen LogP) is 4.67. The van der Waals surface area contributed by atoms with Crippen LogP contribution in [0.2, 0.25) is 0 Å². The van der Waals surface area contributed by atoms with Crippen molar-refractivity contribution in [2.45, 2.75) is 49.2 Å². The van der Waals surface area contributed by atoms with Crippen LogP contribution in [-0.4, -0.2) is 32.6 Å². The van der Waals surface area contributed by atoms with Crippen LogP contribution in [0.5, 0.6) is 0 Å². The highest BCUT2D eigenvalue weighted by molar-refractivity contribution is 14.1. The highest BCUT2D eigenvalue weighted by Crippen LogP contribution is 2.30. The number of alkyl halides is 1. The van der Waals surface area contributed by atoms with Crippen LogP contribution in [0, 0.1) is 0 Å². The first kappa shape index (κ1) is 16.0. The summed E-state index contributed by atoms with van der Waals surface area (Å²) in [6.45, 7) is 5.81. The molecule has 0 bridgehead atoms. The molecule has 0 spiro atoms. The SMILES string of the molecule is CCC(CC)N1CCC(Nc2ccc3cnccc3c2)C1I. The summed E-state index contributed by atoms with van der Waals surface area (Å²) >= 11 is 2.62. The molecule has 1 fully saturated rings. The van der Waals surface area contributed by atoms with Crippen LogP contribution in [0.1, 0.15) is 33.1 Å². The summed E-state index contributed by atoms with van der Waals surface area (Å²) in [4.78, 5) is 6.85. The Hall–Kier alpha value is -0.880. The molecule has 1 aromatic heterocycles. The number of nitrogens with zero attached hydrogens (tertiary/aromatic N) is 2. The molecule has 1 saturated heterocycles. The monoisotopic (exact) mass is 409 g/mol. The number of halogens is 1. The molecule has 3 nitrogen and oxygen atoms in total. The molecule has 1 aliphatic rings. The predicted molar refractivity (Wildman–Crippen MR) is 103 cm³/mol. The molecule has 22 heavy (non-hydrogen) atoms. The largest absolute Gasteiger partial charge is 0.380 e. The van der Waals surface area contributed by atoms with E-state index in [1.165, 1.54) is 42.3 Å². The molecule has 2 heterocycles. The number of likely N-dealkylation sites (tertiary alicyclic amines) is 1. The molecule has 2 unspecified atom stereocenters. The molecule has 1 N–H and O–H groups in total. The van der Waals surface area contributed by atoms with E-state index >= 15 is 0 Å². The van der Waals surface area contributed by atoms with E-state index in [1.807, 2.05) is 12.4 Å². The van der Waals surface area contributed by atoms with Gasteiger partial charge in [0.2, 0.25) is 0 Å². The molecular formula is C18H24IN3. The van der Waals surface area contributed by atoms with Crippen molar-refractivity contribution < 1.29 is 0 Å². The molecule has 2 atom stereocenters. The minimum absolute atomic E-state index is 0.528. The zero-order valence-electron chi connectivity index (χ0n) is 13.3. The van der Waals surface area contributed by atoms with Crippen molar-refractivity contribution in [3.8, 4) is 0 Å². The smallest absolute Gasteiger partial charge is 0.0825 e. The van der Waals surface area contributed by atoms with Gasteiger partial charge in [-0.05, 0) is 42.8 Å². The molecule has 3 rings (SSSR count). The topological polar surface area (TPSA) is 28.2 Å². The lowest BCUT2D eigenvalue weighted by molar-refractivity contribution is 0.219. The maximum absolute atomic E-state index is 4.18. The van der Waals surface area contributed by atoms with Crippen LogP contribution in [0.15, 0.2) is 36.7 Å². The van der Waals surface area contributed by atoms with E-state index in [-0.39, 0.29) is 0 Å². The van der Waals surface area contributed by atoms with E-state index < -0.39 is 0 Å². The molecule has 1 aliphatic heterocycles. The zero-order chi connectivity index (χ0) is 15.5. The van der Waals surface area contributed by atoms with Gasteiger partial charge in [0.1, 0.15) is 0 Å². The number of rotatable bonds is 5. The minimum Gasteiger partial charge on any atom is -0.380 e. The van der Waals surface area contributed by atoms with Crippen molar-refractivity contribution in [2.24, 2.45) is 0 Å². The Morgan fingerprint density at radius 1 is 1.27 bits per heavy atom. The molecule has 1 aromatic carbocycles. The summed E-state index contributed by atoms with van der Waals surface area (Å²) in [6.07, 6.45) is 7.48. The Labute approximate surface area is 146 Å². The Balaban J connectivity index is 1.72. The molecule has 0 amide bonds. The number of fused-ring (bicyclic) bond motifs is 1. The second-order valence-corrected chi connectivity index (χ2v) is 7.33. The van der Waals surface area contributed by atoms with Gasteiger partial charge in [-0.3, -0.25) is 9.88 Å². The fraction of sp³-hybridized carbons (Fsp3) is 0.500. The summed E-state index contributed by atoms with van der Waals surface area (Å²) in [5.41, 5.74) is 1.22. The van der Waals surface area contributed by atoms with Gasteiger partial charge in [-0.1, -0.05) is 42.5 Å². The van der Waals surface area contributed by atoms with Gasteiger partial charge in [-0.15, -0.1) is 0 Å².